The topological polar surface area (TPSA) is 46.8 Å². The first kappa shape index (κ1) is 15.1. The summed E-state index contributed by atoms with van der Waals surface area (Å²) in [5, 5.41) is 5.42. The van der Waals surface area contributed by atoms with Gasteiger partial charge in [-0.2, -0.15) is 5.10 Å². The lowest BCUT2D eigenvalue weighted by Crippen LogP contribution is -2.33. The summed E-state index contributed by atoms with van der Waals surface area (Å²) in [5.41, 5.74) is 1.56. The van der Waals surface area contributed by atoms with Crippen LogP contribution in [0.4, 0.5) is 10.2 Å². The van der Waals surface area contributed by atoms with Crippen molar-refractivity contribution in [2.45, 2.75) is 26.7 Å². The van der Waals surface area contributed by atoms with Crippen molar-refractivity contribution in [3.8, 4) is 5.69 Å². The molecule has 0 atom stereocenters. The van der Waals surface area contributed by atoms with E-state index in [1.54, 1.807) is 16.8 Å². The Morgan fingerprint density at radius 3 is 2.50 bits per heavy atom. The molecule has 4 rings (SSSR count). The zero-order valence-electron chi connectivity index (χ0n) is 13.9. The van der Waals surface area contributed by atoms with Crippen molar-refractivity contribution in [1.82, 2.24) is 19.7 Å². The molecule has 3 heterocycles. The van der Waals surface area contributed by atoms with Crippen molar-refractivity contribution in [2.24, 2.45) is 5.92 Å². The number of halogens is 1. The fourth-order valence-corrected chi connectivity index (χ4v) is 3.23. The van der Waals surface area contributed by atoms with Gasteiger partial charge >= 0.3 is 0 Å². The minimum atomic E-state index is -0.260. The third-order valence-corrected chi connectivity index (χ3v) is 4.67. The average Bonchev–Trinajstić information content (AvgIpc) is 2.99. The van der Waals surface area contributed by atoms with Crippen LogP contribution in [0.3, 0.4) is 0 Å². The van der Waals surface area contributed by atoms with E-state index in [2.05, 4.69) is 26.9 Å². The SMILES string of the molecule is Cc1nc(N2CCC(C)CC2)c2cnn(-c3ccc(F)cc3)c2n1. The lowest BCUT2D eigenvalue weighted by Gasteiger charge is -2.31. The third kappa shape index (κ3) is 2.62. The summed E-state index contributed by atoms with van der Waals surface area (Å²) in [6.45, 7) is 6.21. The Balaban J connectivity index is 1.81. The molecule has 0 amide bonds. The summed E-state index contributed by atoms with van der Waals surface area (Å²) in [6.07, 6.45) is 4.17. The number of hydrogen-bond donors (Lipinski definition) is 0. The largest absolute Gasteiger partial charge is 0.356 e. The lowest BCUT2D eigenvalue weighted by atomic mass is 9.99. The third-order valence-electron chi connectivity index (χ3n) is 4.67. The van der Waals surface area contributed by atoms with E-state index in [-0.39, 0.29) is 5.82 Å². The van der Waals surface area contributed by atoms with Crippen LogP contribution in [0.5, 0.6) is 0 Å². The van der Waals surface area contributed by atoms with E-state index in [1.807, 2.05) is 13.1 Å². The maximum absolute atomic E-state index is 13.2. The molecular formula is C18H20FN5. The molecule has 5 nitrogen and oxygen atoms in total. The van der Waals surface area contributed by atoms with Gasteiger partial charge in [-0.05, 0) is 49.9 Å². The number of benzene rings is 1. The Morgan fingerprint density at radius 1 is 1.08 bits per heavy atom. The zero-order chi connectivity index (χ0) is 16.7. The van der Waals surface area contributed by atoms with E-state index in [9.17, 15) is 4.39 Å². The highest BCUT2D eigenvalue weighted by atomic mass is 19.1. The number of fused-ring (bicyclic) bond motifs is 1. The second-order valence-electron chi connectivity index (χ2n) is 6.53. The van der Waals surface area contributed by atoms with Crippen molar-refractivity contribution in [3.63, 3.8) is 0 Å². The molecule has 0 N–H and O–H groups in total. The smallest absolute Gasteiger partial charge is 0.168 e. The van der Waals surface area contributed by atoms with Gasteiger partial charge in [-0.15, -0.1) is 0 Å². The summed E-state index contributed by atoms with van der Waals surface area (Å²) < 4.78 is 14.9. The number of piperidine rings is 1. The van der Waals surface area contributed by atoms with Gasteiger partial charge in [0.05, 0.1) is 17.3 Å². The maximum atomic E-state index is 13.2. The van der Waals surface area contributed by atoms with E-state index in [0.717, 1.165) is 47.4 Å². The highest BCUT2D eigenvalue weighted by Gasteiger charge is 2.21. The van der Waals surface area contributed by atoms with E-state index in [4.69, 9.17) is 0 Å². The first-order valence-electron chi connectivity index (χ1n) is 8.35. The van der Waals surface area contributed by atoms with Gasteiger partial charge in [0, 0.05) is 13.1 Å². The normalized spacial score (nSPS) is 16.0. The molecule has 0 unspecified atom stereocenters. The van der Waals surface area contributed by atoms with Gasteiger partial charge in [-0.3, -0.25) is 0 Å². The minimum absolute atomic E-state index is 0.260. The number of aromatic nitrogens is 4. The minimum Gasteiger partial charge on any atom is -0.356 e. The fraction of sp³-hybridized carbons (Fsp3) is 0.389. The molecule has 124 valence electrons. The number of anilines is 1. The molecule has 0 radical (unpaired) electrons. The number of hydrogen-bond acceptors (Lipinski definition) is 4. The van der Waals surface area contributed by atoms with Gasteiger partial charge in [0.2, 0.25) is 0 Å². The van der Waals surface area contributed by atoms with Crippen molar-refractivity contribution >= 4 is 16.9 Å². The molecule has 1 fully saturated rings. The van der Waals surface area contributed by atoms with Crippen molar-refractivity contribution < 1.29 is 4.39 Å². The van der Waals surface area contributed by atoms with Gasteiger partial charge in [-0.1, -0.05) is 6.92 Å². The van der Waals surface area contributed by atoms with Crippen LogP contribution in [0.25, 0.3) is 16.7 Å². The molecular weight excluding hydrogens is 305 g/mol. The zero-order valence-corrected chi connectivity index (χ0v) is 13.9. The van der Waals surface area contributed by atoms with Crippen molar-refractivity contribution in [2.75, 3.05) is 18.0 Å². The molecule has 24 heavy (non-hydrogen) atoms. The molecule has 3 aromatic rings. The monoisotopic (exact) mass is 325 g/mol. The highest BCUT2D eigenvalue weighted by Crippen LogP contribution is 2.29. The Labute approximate surface area is 140 Å². The van der Waals surface area contributed by atoms with Crippen LogP contribution >= 0.6 is 0 Å². The van der Waals surface area contributed by atoms with E-state index >= 15 is 0 Å². The second-order valence-corrected chi connectivity index (χ2v) is 6.53. The van der Waals surface area contributed by atoms with Crippen LogP contribution in [0.2, 0.25) is 0 Å². The number of nitrogens with zero attached hydrogens (tertiary/aromatic N) is 5. The molecule has 1 aliphatic rings. The summed E-state index contributed by atoms with van der Waals surface area (Å²) in [4.78, 5) is 11.6. The van der Waals surface area contributed by atoms with Crippen LogP contribution in [0, 0.1) is 18.7 Å². The Kier molecular flexibility index (Phi) is 3.67. The van der Waals surface area contributed by atoms with Gasteiger partial charge in [-0.25, -0.2) is 19.0 Å². The first-order valence-corrected chi connectivity index (χ1v) is 8.35. The molecule has 1 aromatic carbocycles. The summed E-state index contributed by atoms with van der Waals surface area (Å²) in [5.74, 6) is 2.18. The highest BCUT2D eigenvalue weighted by molar-refractivity contribution is 5.88. The summed E-state index contributed by atoms with van der Waals surface area (Å²) in [6, 6.07) is 6.29. The van der Waals surface area contributed by atoms with Crippen LogP contribution in [0.1, 0.15) is 25.6 Å². The molecule has 0 saturated carbocycles. The lowest BCUT2D eigenvalue weighted by molar-refractivity contribution is 0.437. The molecule has 1 saturated heterocycles. The number of aryl methyl sites for hydroxylation is 1. The quantitative estimate of drug-likeness (QED) is 0.723. The second kappa shape index (κ2) is 5.85. The van der Waals surface area contributed by atoms with Crippen molar-refractivity contribution in [1.29, 1.82) is 0 Å². The van der Waals surface area contributed by atoms with Crippen LogP contribution in [-0.4, -0.2) is 32.8 Å². The molecule has 0 spiro atoms. The van der Waals surface area contributed by atoms with Crippen LogP contribution in [0.15, 0.2) is 30.5 Å². The predicted molar refractivity (Wildman–Crippen MR) is 92.0 cm³/mol. The molecule has 6 heteroatoms. The molecule has 2 aromatic heterocycles. The maximum Gasteiger partial charge on any atom is 0.168 e. The van der Waals surface area contributed by atoms with Gasteiger partial charge in [0.15, 0.2) is 5.65 Å². The Bertz CT molecular complexity index is 863. The molecule has 0 bridgehead atoms. The van der Waals surface area contributed by atoms with Crippen molar-refractivity contribution in [3.05, 3.63) is 42.1 Å². The first-order chi connectivity index (χ1) is 11.6. The van der Waals surface area contributed by atoms with Gasteiger partial charge in [0.25, 0.3) is 0 Å². The van der Waals surface area contributed by atoms with E-state index in [1.165, 1.54) is 25.0 Å². The fourth-order valence-electron chi connectivity index (χ4n) is 3.23. The van der Waals surface area contributed by atoms with Crippen LogP contribution in [-0.2, 0) is 0 Å². The van der Waals surface area contributed by atoms with Gasteiger partial charge in [0.1, 0.15) is 17.5 Å². The molecule has 0 aliphatic carbocycles. The average molecular weight is 325 g/mol. The summed E-state index contributed by atoms with van der Waals surface area (Å²) >= 11 is 0. The molecule has 1 aliphatic heterocycles. The number of rotatable bonds is 2. The van der Waals surface area contributed by atoms with E-state index in [0.29, 0.717) is 0 Å². The Morgan fingerprint density at radius 2 is 1.79 bits per heavy atom. The van der Waals surface area contributed by atoms with Crippen LogP contribution < -0.4 is 4.90 Å². The predicted octanol–water partition coefficient (Wildman–Crippen LogP) is 3.50. The standard InChI is InChI=1S/C18H20FN5/c1-12-7-9-23(10-8-12)17-16-11-20-24(18(16)22-13(2)21-17)15-5-3-14(19)4-6-15/h3-6,11-12H,7-10H2,1-2H3. The summed E-state index contributed by atoms with van der Waals surface area (Å²) in [7, 11) is 0. The van der Waals surface area contributed by atoms with Gasteiger partial charge < -0.3 is 4.90 Å². The Hall–Kier alpha value is -2.50. The van der Waals surface area contributed by atoms with E-state index < -0.39 is 0 Å².